The Kier molecular flexibility index (Phi) is 3.74. The molecule has 1 aromatic carbocycles. The van der Waals surface area contributed by atoms with Gasteiger partial charge in [-0.25, -0.2) is 4.39 Å². The van der Waals surface area contributed by atoms with Gasteiger partial charge in [0.05, 0.1) is 0 Å². The van der Waals surface area contributed by atoms with Gasteiger partial charge in [-0.2, -0.15) is 0 Å². The van der Waals surface area contributed by atoms with Crippen LogP contribution in [-0.2, 0) is 0 Å². The summed E-state index contributed by atoms with van der Waals surface area (Å²) in [4.78, 5) is 12.7. The fourth-order valence-electron chi connectivity index (χ4n) is 1.96. The van der Waals surface area contributed by atoms with E-state index in [4.69, 9.17) is 4.74 Å². The molecule has 1 heterocycles. The molecule has 0 atom stereocenters. The number of carbonyl (C=O) groups excluding carboxylic acids is 1. The van der Waals surface area contributed by atoms with Crippen molar-refractivity contribution >= 4 is 6.29 Å². The summed E-state index contributed by atoms with van der Waals surface area (Å²) in [6.07, 6.45) is 1.81. The van der Waals surface area contributed by atoms with Crippen LogP contribution in [-0.4, -0.2) is 36.9 Å². The predicted octanol–water partition coefficient (Wildman–Crippen LogP) is 2.11. The quantitative estimate of drug-likeness (QED) is 0.735. The Morgan fingerprint density at radius 1 is 1.53 bits per heavy atom. The van der Waals surface area contributed by atoms with Crippen LogP contribution in [0.25, 0.3) is 0 Å². The zero-order valence-electron chi connectivity index (χ0n) is 9.86. The number of carbonyl (C=O) groups is 1. The maximum absolute atomic E-state index is 13.5. The molecule has 92 valence electrons. The summed E-state index contributed by atoms with van der Waals surface area (Å²) < 4.78 is 19.0. The first-order chi connectivity index (χ1) is 8.22. The van der Waals surface area contributed by atoms with Crippen molar-refractivity contribution in [2.45, 2.75) is 19.4 Å². The highest BCUT2D eigenvalue weighted by Gasteiger charge is 2.28. The van der Waals surface area contributed by atoms with E-state index in [1.165, 1.54) is 12.1 Å². The van der Waals surface area contributed by atoms with Gasteiger partial charge in [-0.15, -0.1) is 0 Å². The van der Waals surface area contributed by atoms with Crippen LogP contribution in [0.15, 0.2) is 18.2 Å². The van der Waals surface area contributed by atoms with Crippen LogP contribution in [0.4, 0.5) is 4.39 Å². The standard InChI is InChI=1S/C13H16FNO2/c1-2-5-15-7-11(8-15)17-13-4-3-10(9-16)6-12(13)14/h3-4,6,9,11H,2,5,7-8H2,1H3. The van der Waals surface area contributed by atoms with E-state index in [9.17, 15) is 9.18 Å². The first-order valence-electron chi connectivity index (χ1n) is 5.86. The molecule has 4 heteroatoms. The molecule has 0 aromatic heterocycles. The average molecular weight is 237 g/mol. The van der Waals surface area contributed by atoms with Crippen LogP contribution in [0.5, 0.6) is 5.75 Å². The largest absolute Gasteiger partial charge is 0.485 e. The molecule has 1 saturated heterocycles. The molecule has 1 fully saturated rings. The summed E-state index contributed by atoms with van der Waals surface area (Å²) in [5.41, 5.74) is 0.330. The lowest BCUT2D eigenvalue weighted by molar-refractivity contribution is 0.0179. The summed E-state index contributed by atoms with van der Waals surface area (Å²) in [5.74, 6) is -0.236. The Morgan fingerprint density at radius 3 is 2.88 bits per heavy atom. The van der Waals surface area contributed by atoms with Gasteiger partial charge in [0.1, 0.15) is 12.4 Å². The van der Waals surface area contributed by atoms with Crippen molar-refractivity contribution in [2.75, 3.05) is 19.6 Å². The van der Waals surface area contributed by atoms with Crippen molar-refractivity contribution in [3.05, 3.63) is 29.6 Å². The monoisotopic (exact) mass is 237 g/mol. The van der Waals surface area contributed by atoms with Gasteiger partial charge in [0, 0.05) is 18.7 Å². The minimum atomic E-state index is -0.469. The minimum Gasteiger partial charge on any atom is -0.485 e. The third kappa shape index (κ3) is 2.82. The first-order valence-corrected chi connectivity index (χ1v) is 5.86. The van der Waals surface area contributed by atoms with Crippen molar-refractivity contribution in [3.63, 3.8) is 0 Å². The maximum Gasteiger partial charge on any atom is 0.165 e. The van der Waals surface area contributed by atoms with Gasteiger partial charge in [0.25, 0.3) is 0 Å². The van der Waals surface area contributed by atoms with E-state index in [1.54, 1.807) is 6.07 Å². The Morgan fingerprint density at radius 2 is 2.29 bits per heavy atom. The predicted molar refractivity (Wildman–Crippen MR) is 62.9 cm³/mol. The zero-order valence-corrected chi connectivity index (χ0v) is 9.86. The van der Waals surface area contributed by atoms with Gasteiger partial charge >= 0.3 is 0 Å². The van der Waals surface area contributed by atoms with Gasteiger partial charge in [-0.3, -0.25) is 9.69 Å². The summed E-state index contributed by atoms with van der Waals surface area (Å²) in [5, 5.41) is 0. The van der Waals surface area contributed by atoms with Crippen LogP contribution in [0.2, 0.25) is 0 Å². The topological polar surface area (TPSA) is 29.5 Å². The summed E-state index contributed by atoms with van der Waals surface area (Å²) >= 11 is 0. The fourth-order valence-corrected chi connectivity index (χ4v) is 1.96. The Bertz CT molecular complexity index is 402. The number of halogens is 1. The van der Waals surface area contributed by atoms with Gasteiger partial charge in [-0.05, 0) is 31.2 Å². The zero-order chi connectivity index (χ0) is 12.3. The maximum atomic E-state index is 13.5. The molecule has 0 aliphatic carbocycles. The van der Waals surface area contributed by atoms with E-state index in [0.29, 0.717) is 11.8 Å². The van der Waals surface area contributed by atoms with Crippen molar-refractivity contribution < 1.29 is 13.9 Å². The molecule has 3 nitrogen and oxygen atoms in total. The van der Waals surface area contributed by atoms with E-state index in [-0.39, 0.29) is 11.9 Å². The van der Waals surface area contributed by atoms with Crippen LogP contribution >= 0.6 is 0 Å². The molecular formula is C13H16FNO2. The number of hydrogen-bond acceptors (Lipinski definition) is 3. The van der Waals surface area contributed by atoms with E-state index in [2.05, 4.69) is 11.8 Å². The first kappa shape index (κ1) is 12.0. The van der Waals surface area contributed by atoms with Gasteiger partial charge in [-0.1, -0.05) is 6.92 Å². The molecule has 1 aliphatic heterocycles. The summed E-state index contributed by atoms with van der Waals surface area (Å²) in [6, 6.07) is 4.28. The normalized spacial score (nSPS) is 16.6. The van der Waals surface area contributed by atoms with E-state index in [0.717, 1.165) is 26.1 Å². The van der Waals surface area contributed by atoms with Crippen molar-refractivity contribution in [1.82, 2.24) is 4.90 Å². The van der Waals surface area contributed by atoms with Gasteiger partial charge in [0.2, 0.25) is 0 Å². The number of nitrogens with zero attached hydrogens (tertiary/aromatic N) is 1. The van der Waals surface area contributed by atoms with E-state index in [1.807, 2.05) is 0 Å². The highest BCUT2D eigenvalue weighted by molar-refractivity contribution is 5.74. The van der Waals surface area contributed by atoms with Gasteiger partial charge < -0.3 is 4.74 Å². The molecule has 1 aromatic rings. The number of likely N-dealkylation sites (tertiary alicyclic amines) is 1. The van der Waals surface area contributed by atoms with Crippen molar-refractivity contribution in [2.24, 2.45) is 0 Å². The average Bonchev–Trinajstić information content (AvgIpc) is 2.28. The van der Waals surface area contributed by atoms with Crippen LogP contribution in [0.1, 0.15) is 23.7 Å². The second-order valence-corrected chi connectivity index (χ2v) is 4.31. The Hall–Kier alpha value is -1.42. The third-order valence-electron chi connectivity index (χ3n) is 2.85. The number of ether oxygens (including phenoxy) is 1. The molecule has 0 saturated carbocycles. The van der Waals surface area contributed by atoms with E-state index < -0.39 is 5.82 Å². The molecule has 2 rings (SSSR count). The molecule has 0 spiro atoms. The van der Waals surface area contributed by atoms with Crippen molar-refractivity contribution in [1.29, 1.82) is 0 Å². The van der Waals surface area contributed by atoms with Crippen LogP contribution < -0.4 is 4.74 Å². The molecule has 0 bridgehead atoms. The lowest BCUT2D eigenvalue weighted by atomic mass is 10.1. The number of benzene rings is 1. The SMILES string of the molecule is CCCN1CC(Oc2ccc(C=O)cc2F)C1. The summed E-state index contributed by atoms with van der Waals surface area (Å²) in [7, 11) is 0. The number of rotatable bonds is 5. The minimum absolute atomic E-state index is 0.0677. The lowest BCUT2D eigenvalue weighted by Gasteiger charge is -2.38. The fraction of sp³-hybridized carbons (Fsp3) is 0.462. The molecule has 0 amide bonds. The van der Waals surface area contributed by atoms with Crippen LogP contribution in [0.3, 0.4) is 0 Å². The van der Waals surface area contributed by atoms with E-state index >= 15 is 0 Å². The molecule has 0 unspecified atom stereocenters. The molecule has 0 N–H and O–H groups in total. The van der Waals surface area contributed by atoms with Crippen LogP contribution in [0, 0.1) is 5.82 Å². The molecule has 1 aliphatic rings. The number of aldehydes is 1. The highest BCUT2D eigenvalue weighted by atomic mass is 19.1. The molecule has 17 heavy (non-hydrogen) atoms. The molecular weight excluding hydrogens is 221 g/mol. The lowest BCUT2D eigenvalue weighted by Crippen LogP contribution is -2.53. The third-order valence-corrected chi connectivity index (χ3v) is 2.85. The highest BCUT2D eigenvalue weighted by Crippen LogP contribution is 2.22. The Labute approximate surface area is 100 Å². The summed E-state index contributed by atoms with van der Waals surface area (Å²) in [6.45, 7) is 4.89. The number of hydrogen-bond donors (Lipinski definition) is 0. The van der Waals surface area contributed by atoms with Gasteiger partial charge in [0.15, 0.2) is 11.6 Å². The molecule has 0 radical (unpaired) electrons. The smallest absolute Gasteiger partial charge is 0.165 e. The second kappa shape index (κ2) is 5.27. The second-order valence-electron chi connectivity index (χ2n) is 4.31. The van der Waals surface area contributed by atoms with Crippen molar-refractivity contribution in [3.8, 4) is 5.75 Å². The Balaban J connectivity index is 1.90.